The summed E-state index contributed by atoms with van der Waals surface area (Å²) in [6, 6.07) is 20.3. The largest absolute Gasteiger partial charge is 0.399 e. The molecule has 3 N–H and O–H groups in total. The molecule has 152 valence electrons. The maximum absolute atomic E-state index is 13.3. The second kappa shape index (κ2) is 7.74. The fourth-order valence-electron chi connectivity index (χ4n) is 3.25. The van der Waals surface area contributed by atoms with E-state index in [2.05, 4.69) is 9.71 Å². The number of fused-ring (bicyclic) bond motifs is 1. The van der Waals surface area contributed by atoms with Crippen molar-refractivity contribution < 1.29 is 8.42 Å². The number of sulfonamides is 1. The molecule has 1 aromatic heterocycles. The molecule has 4 rings (SSSR count). The maximum Gasteiger partial charge on any atom is 0.266 e. The molecule has 4 aromatic rings. The zero-order valence-corrected chi connectivity index (χ0v) is 17.1. The molecule has 0 unspecified atom stereocenters. The molecule has 1 heterocycles. The van der Waals surface area contributed by atoms with Gasteiger partial charge >= 0.3 is 0 Å². The van der Waals surface area contributed by atoms with Gasteiger partial charge < -0.3 is 5.73 Å². The van der Waals surface area contributed by atoms with E-state index in [-0.39, 0.29) is 17.0 Å². The molecule has 3 aromatic carbocycles. The SMILES string of the molecule is Cc1ccccc1-n1c(CNS(=O)(=O)c2ccc(N)cc2)nc2ccccc2c1=O. The van der Waals surface area contributed by atoms with E-state index in [0.717, 1.165) is 5.56 Å². The van der Waals surface area contributed by atoms with E-state index < -0.39 is 10.0 Å². The van der Waals surface area contributed by atoms with Gasteiger partial charge in [0, 0.05) is 5.69 Å². The Morgan fingerprint density at radius 1 is 0.967 bits per heavy atom. The molecule has 0 aliphatic heterocycles. The zero-order valence-electron chi connectivity index (χ0n) is 16.2. The van der Waals surface area contributed by atoms with Crippen LogP contribution < -0.4 is 16.0 Å². The van der Waals surface area contributed by atoms with Gasteiger partial charge in [0.05, 0.1) is 28.0 Å². The molecule has 0 bridgehead atoms. The second-order valence-electron chi connectivity index (χ2n) is 6.87. The molecule has 0 saturated heterocycles. The van der Waals surface area contributed by atoms with Gasteiger partial charge in [-0.2, -0.15) is 0 Å². The van der Waals surface area contributed by atoms with E-state index in [4.69, 9.17) is 5.73 Å². The molecular weight excluding hydrogens is 400 g/mol. The predicted octanol–water partition coefficient (Wildman–Crippen LogP) is 2.75. The van der Waals surface area contributed by atoms with E-state index in [0.29, 0.717) is 28.1 Å². The van der Waals surface area contributed by atoms with Crippen molar-refractivity contribution in [1.82, 2.24) is 14.3 Å². The third-order valence-corrected chi connectivity index (χ3v) is 6.23. The van der Waals surface area contributed by atoms with Crippen molar-refractivity contribution in [3.05, 3.63) is 94.5 Å². The number of aryl methyl sites for hydroxylation is 1. The third kappa shape index (κ3) is 3.70. The number of nitrogen functional groups attached to an aromatic ring is 1. The molecule has 0 saturated carbocycles. The van der Waals surface area contributed by atoms with Crippen LogP contribution in [0.25, 0.3) is 16.6 Å². The highest BCUT2D eigenvalue weighted by Crippen LogP contribution is 2.17. The van der Waals surface area contributed by atoms with Gasteiger partial charge in [-0.15, -0.1) is 0 Å². The highest BCUT2D eigenvalue weighted by Gasteiger charge is 2.18. The summed E-state index contributed by atoms with van der Waals surface area (Å²) < 4.78 is 29.4. The lowest BCUT2D eigenvalue weighted by Gasteiger charge is -2.16. The van der Waals surface area contributed by atoms with Crippen molar-refractivity contribution in [1.29, 1.82) is 0 Å². The first-order valence-electron chi connectivity index (χ1n) is 9.29. The van der Waals surface area contributed by atoms with Gasteiger partial charge in [0.2, 0.25) is 10.0 Å². The molecule has 8 heteroatoms. The minimum Gasteiger partial charge on any atom is -0.399 e. The monoisotopic (exact) mass is 420 g/mol. The first-order chi connectivity index (χ1) is 14.4. The van der Waals surface area contributed by atoms with Crippen molar-refractivity contribution >= 4 is 26.6 Å². The molecule has 0 atom stereocenters. The maximum atomic E-state index is 13.3. The average molecular weight is 420 g/mol. The van der Waals surface area contributed by atoms with E-state index in [1.54, 1.807) is 24.3 Å². The van der Waals surface area contributed by atoms with Crippen molar-refractivity contribution in [2.24, 2.45) is 0 Å². The van der Waals surface area contributed by atoms with Crippen LogP contribution >= 0.6 is 0 Å². The van der Waals surface area contributed by atoms with E-state index in [1.807, 2.05) is 31.2 Å². The number of rotatable bonds is 5. The lowest BCUT2D eigenvalue weighted by molar-refractivity contribution is 0.578. The number of benzene rings is 3. The van der Waals surface area contributed by atoms with E-state index in [1.165, 1.54) is 28.8 Å². The Morgan fingerprint density at radius 2 is 1.63 bits per heavy atom. The molecule has 7 nitrogen and oxygen atoms in total. The minimum atomic E-state index is -3.81. The summed E-state index contributed by atoms with van der Waals surface area (Å²) in [7, 11) is -3.81. The topological polar surface area (TPSA) is 107 Å². The fraction of sp³-hybridized carbons (Fsp3) is 0.0909. The quantitative estimate of drug-likeness (QED) is 0.483. The first kappa shape index (κ1) is 19.8. The lowest BCUT2D eigenvalue weighted by atomic mass is 10.2. The summed E-state index contributed by atoms with van der Waals surface area (Å²) in [4.78, 5) is 17.9. The van der Waals surface area contributed by atoms with E-state index in [9.17, 15) is 13.2 Å². The van der Waals surface area contributed by atoms with Gasteiger partial charge in [-0.05, 0) is 55.0 Å². The summed E-state index contributed by atoms with van der Waals surface area (Å²) in [6.07, 6.45) is 0. The number of hydrogen-bond acceptors (Lipinski definition) is 5. The molecule has 0 radical (unpaired) electrons. The van der Waals surface area contributed by atoms with Crippen molar-refractivity contribution in [2.45, 2.75) is 18.4 Å². The van der Waals surface area contributed by atoms with Gasteiger partial charge in [0.25, 0.3) is 5.56 Å². The van der Waals surface area contributed by atoms with Crippen LogP contribution in [0.3, 0.4) is 0 Å². The third-order valence-electron chi connectivity index (χ3n) is 4.81. The zero-order chi connectivity index (χ0) is 21.3. The first-order valence-corrected chi connectivity index (χ1v) is 10.8. The van der Waals surface area contributed by atoms with Crippen molar-refractivity contribution in [3.8, 4) is 5.69 Å². The molecule has 0 aliphatic carbocycles. The van der Waals surface area contributed by atoms with Crippen molar-refractivity contribution in [2.75, 3.05) is 5.73 Å². The summed E-state index contributed by atoms with van der Waals surface area (Å²) in [5.74, 6) is 0.298. The van der Waals surface area contributed by atoms with Crippen LogP contribution in [0, 0.1) is 6.92 Å². The van der Waals surface area contributed by atoms with Crippen LogP contribution in [-0.2, 0) is 16.6 Å². The Labute approximate surface area is 173 Å². The Bertz CT molecular complexity index is 1390. The number of nitrogens with one attached hydrogen (secondary N) is 1. The number of nitrogens with zero attached hydrogens (tertiary/aromatic N) is 2. The average Bonchev–Trinajstić information content (AvgIpc) is 2.74. The van der Waals surface area contributed by atoms with Crippen LogP contribution in [0.4, 0.5) is 5.69 Å². The predicted molar refractivity (Wildman–Crippen MR) is 117 cm³/mol. The van der Waals surface area contributed by atoms with Crippen LogP contribution in [0.15, 0.2) is 82.5 Å². The standard InChI is InChI=1S/C22H20N4O3S/c1-15-6-2-5-9-20(15)26-21(25-19-8-4-3-7-18(19)22(26)27)14-24-30(28,29)17-12-10-16(23)11-13-17/h2-13,24H,14,23H2,1H3. The Kier molecular flexibility index (Phi) is 5.11. The summed E-state index contributed by atoms with van der Waals surface area (Å²) in [5.41, 5.74) is 7.90. The molecule has 0 spiro atoms. The Hall–Kier alpha value is -3.49. The molecule has 0 fully saturated rings. The van der Waals surface area contributed by atoms with Gasteiger partial charge in [0.15, 0.2) is 0 Å². The van der Waals surface area contributed by atoms with Gasteiger partial charge in [-0.25, -0.2) is 18.1 Å². The smallest absolute Gasteiger partial charge is 0.266 e. The second-order valence-corrected chi connectivity index (χ2v) is 8.63. The van der Waals surface area contributed by atoms with Crippen LogP contribution in [0.5, 0.6) is 0 Å². The Balaban J connectivity index is 1.82. The lowest BCUT2D eigenvalue weighted by Crippen LogP contribution is -2.30. The highest BCUT2D eigenvalue weighted by molar-refractivity contribution is 7.89. The molecule has 0 aliphatic rings. The molecule has 30 heavy (non-hydrogen) atoms. The number of para-hydroxylation sites is 2. The minimum absolute atomic E-state index is 0.0854. The summed E-state index contributed by atoms with van der Waals surface area (Å²) >= 11 is 0. The van der Waals surface area contributed by atoms with Crippen molar-refractivity contribution in [3.63, 3.8) is 0 Å². The number of aromatic nitrogens is 2. The normalized spacial score (nSPS) is 11.6. The van der Waals surface area contributed by atoms with Crippen LogP contribution in [0.1, 0.15) is 11.4 Å². The molecular formula is C22H20N4O3S. The van der Waals surface area contributed by atoms with Gasteiger partial charge in [0.1, 0.15) is 5.82 Å². The summed E-state index contributed by atoms with van der Waals surface area (Å²) in [5, 5.41) is 0.464. The molecule has 0 amide bonds. The van der Waals surface area contributed by atoms with Gasteiger partial charge in [-0.3, -0.25) is 9.36 Å². The Morgan fingerprint density at radius 3 is 2.37 bits per heavy atom. The van der Waals surface area contributed by atoms with Crippen LogP contribution in [-0.4, -0.2) is 18.0 Å². The number of anilines is 1. The van der Waals surface area contributed by atoms with Gasteiger partial charge in [-0.1, -0.05) is 30.3 Å². The highest BCUT2D eigenvalue weighted by atomic mass is 32.2. The van der Waals surface area contributed by atoms with E-state index >= 15 is 0 Å². The fourth-order valence-corrected chi connectivity index (χ4v) is 4.23. The summed E-state index contributed by atoms with van der Waals surface area (Å²) in [6.45, 7) is 1.74. The number of hydrogen-bond donors (Lipinski definition) is 2. The number of nitrogens with two attached hydrogens (primary N) is 1. The van der Waals surface area contributed by atoms with Crippen LogP contribution in [0.2, 0.25) is 0 Å².